The van der Waals surface area contributed by atoms with E-state index >= 15 is 0 Å². The Balaban J connectivity index is 1.72. The van der Waals surface area contributed by atoms with Crippen LogP contribution in [0.1, 0.15) is 15.9 Å². The lowest BCUT2D eigenvalue weighted by Gasteiger charge is -2.07. The number of benzene rings is 2. The Labute approximate surface area is 162 Å². The van der Waals surface area contributed by atoms with Crippen LogP contribution in [0.15, 0.2) is 54.7 Å². The molecule has 0 atom stereocenters. The fraction of sp³-hybridized carbons (Fsp3) is 0.0500. The minimum Gasteiger partial charge on any atom is -0.493 e. The molecule has 2 aromatic carbocycles. The Bertz CT molecular complexity index is 1230. The van der Waals surface area contributed by atoms with Crippen molar-refractivity contribution in [2.24, 2.45) is 0 Å². The third-order valence-electron chi connectivity index (χ3n) is 4.28. The Morgan fingerprint density at radius 2 is 1.76 bits per heavy atom. The summed E-state index contributed by atoms with van der Waals surface area (Å²) < 4.78 is 41.9. The predicted molar refractivity (Wildman–Crippen MR) is 97.6 cm³/mol. The maximum absolute atomic E-state index is 14.1. The van der Waals surface area contributed by atoms with Crippen LogP contribution in [-0.4, -0.2) is 25.6 Å². The Morgan fingerprint density at radius 3 is 2.52 bits per heavy atom. The molecule has 0 spiro atoms. The molecule has 6 nitrogen and oxygen atoms in total. The van der Waals surface area contributed by atoms with Gasteiger partial charge in [0.1, 0.15) is 11.4 Å². The number of carbonyl (C=O) groups is 1. The highest BCUT2D eigenvalue weighted by molar-refractivity contribution is 5.99. The Morgan fingerprint density at radius 1 is 1.03 bits per heavy atom. The van der Waals surface area contributed by atoms with E-state index in [1.165, 1.54) is 6.20 Å². The van der Waals surface area contributed by atoms with Crippen molar-refractivity contribution in [3.8, 4) is 17.1 Å². The summed E-state index contributed by atoms with van der Waals surface area (Å²) in [6.07, 6.45) is 1.20. The number of amides is 1. The summed E-state index contributed by atoms with van der Waals surface area (Å²) in [4.78, 5) is 16.7. The zero-order valence-corrected chi connectivity index (χ0v) is 14.7. The number of nitrogens with one attached hydrogen (secondary N) is 1. The fourth-order valence-corrected chi connectivity index (χ4v) is 2.84. The molecule has 9 heteroatoms. The first-order valence-electron chi connectivity index (χ1n) is 8.49. The molecule has 0 fully saturated rings. The summed E-state index contributed by atoms with van der Waals surface area (Å²) in [7, 11) is 0. The van der Waals surface area contributed by atoms with Crippen LogP contribution in [-0.2, 0) is 6.54 Å². The molecule has 0 aliphatic carbocycles. The molecule has 0 unspecified atom stereocenters. The minimum absolute atomic E-state index is 0.0288. The molecule has 2 heterocycles. The molecule has 0 saturated carbocycles. The summed E-state index contributed by atoms with van der Waals surface area (Å²) in [6.45, 7) is 0.250. The third kappa shape index (κ3) is 3.49. The van der Waals surface area contributed by atoms with Crippen LogP contribution in [0.4, 0.5) is 13.2 Å². The van der Waals surface area contributed by atoms with Crippen molar-refractivity contribution in [2.45, 2.75) is 6.54 Å². The van der Waals surface area contributed by atoms with Crippen molar-refractivity contribution in [2.75, 3.05) is 0 Å². The molecule has 2 aromatic heterocycles. The van der Waals surface area contributed by atoms with Crippen LogP contribution < -0.4 is 5.32 Å². The van der Waals surface area contributed by atoms with Gasteiger partial charge in [-0.15, -0.1) is 0 Å². The molecule has 1 amide bonds. The van der Waals surface area contributed by atoms with Crippen LogP contribution in [0.5, 0.6) is 5.88 Å². The number of aromatic hydroxyl groups is 1. The molecule has 0 radical (unpaired) electrons. The first-order valence-corrected chi connectivity index (χ1v) is 8.49. The quantitative estimate of drug-likeness (QED) is 0.516. The SMILES string of the molecule is O=C(NCc1ccccc1)c1cnn2c(O)cc(-c3cc(F)c(F)cc3F)nc12. The topological polar surface area (TPSA) is 79.5 Å². The van der Waals surface area contributed by atoms with Crippen molar-refractivity contribution in [1.82, 2.24) is 19.9 Å². The van der Waals surface area contributed by atoms with E-state index in [1.54, 1.807) is 0 Å². The van der Waals surface area contributed by atoms with Gasteiger partial charge in [0.15, 0.2) is 17.3 Å². The molecule has 0 aliphatic heterocycles. The summed E-state index contributed by atoms with van der Waals surface area (Å²) >= 11 is 0. The monoisotopic (exact) mass is 398 g/mol. The van der Waals surface area contributed by atoms with Crippen molar-refractivity contribution in [3.63, 3.8) is 0 Å². The van der Waals surface area contributed by atoms with E-state index in [1.807, 2.05) is 30.3 Å². The summed E-state index contributed by atoms with van der Waals surface area (Å²) in [6, 6.07) is 11.3. The van der Waals surface area contributed by atoms with Crippen LogP contribution in [0, 0.1) is 17.5 Å². The zero-order chi connectivity index (χ0) is 20.5. The van der Waals surface area contributed by atoms with Gasteiger partial charge in [-0.3, -0.25) is 4.79 Å². The molecule has 2 N–H and O–H groups in total. The predicted octanol–water partition coefficient (Wildman–Crippen LogP) is 3.45. The second kappa shape index (κ2) is 7.27. The Kier molecular flexibility index (Phi) is 4.63. The highest BCUT2D eigenvalue weighted by Gasteiger charge is 2.19. The van der Waals surface area contributed by atoms with Gasteiger partial charge in [-0.05, 0) is 11.6 Å². The fourth-order valence-electron chi connectivity index (χ4n) is 2.84. The van der Waals surface area contributed by atoms with Crippen molar-refractivity contribution in [1.29, 1.82) is 0 Å². The van der Waals surface area contributed by atoms with Crippen molar-refractivity contribution >= 4 is 11.6 Å². The molecule has 4 rings (SSSR count). The summed E-state index contributed by atoms with van der Waals surface area (Å²) in [5.41, 5.74) is 0.302. The van der Waals surface area contributed by atoms with Gasteiger partial charge in [0, 0.05) is 24.2 Å². The zero-order valence-electron chi connectivity index (χ0n) is 14.7. The van der Waals surface area contributed by atoms with E-state index in [0.29, 0.717) is 12.1 Å². The molecular weight excluding hydrogens is 385 g/mol. The summed E-state index contributed by atoms with van der Waals surface area (Å²) in [5.74, 6) is -4.64. The smallest absolute Gasteiger partial charge is 0.257 e. The molecule has 0 bridgehead atoms. The van der Waals surface area contributed by atoms with Gasteiger partial charge < -0.3 is 10.4 Å². The van der Waals surface area contributed by atoms with Crippen LogP contribution in [0.2, 0.25) is 0 Å². The van der Waals surface area contributed by atoms with Crippen LogP contribution >= 0.6 is 0 Å². The second-order valence-electron chi connectivity index (χ2n) is 6.21. The lowest BCUT2D eigenvalue weighted by molar-refractivity contribution is 0.0952. The summed E-state index contributed by atoms with van der Waals surface area (Å²) in [5, 5.41) is 16.8. The Hall–Kier alpha value is -3.88. The largest absolute Gasteiger partial charge is 0.493 e. The van der Waals surface area contributed by atoms with E-state index < -0.39 is 29.2 Å². The number of rotatable bonds is 4. The lowest BCUT2D eigenvalue weighted by Crippen LogP contribution is -2.22. The highest BCUT2D eigenvalue weighted by atomic mass is 19.2. The normalized spacial score (nSPS) is 11.0. The molecular formula is C20H13F3N4O2. The van der Waals surface area contributed by atoms with Gasteiger partial charge in [-0.1, -0.05) is 30.3 Å². The van der Waals surface area contributed by atoms with Crippen LogP contribution in [0.3, 0.4) is 0 Å². The molecule has 146 valence electrons. The first-order chi connectivity index (χ1) is 13.9. The standard InChI is InChI=1S/C20H13F3N4O2/c21-14-7-16(23)15(22)6-12(14)17-8-18(28)27-19(26-17)13(10-25-27)20(29)24-9-11-4-2-1-3-5-11/h1-8,10,28H,9H2,(H,24,29). The van der Waals surface area contributed by atoms with Gasteiger partial charge in [0.25, 0.3) is 5.91 Å². The average Bonchev–Trinajstić information content (AvgIpc) is 3.14. The third-order valence-corrected chi connectivity index (χ3v) is 4.28. The first kappa shape index (κ1) is 18.5. The number of hydrogen-bond acceptors (Lipinski definition) is 4. The van der Waals surface area contributed by atoms with Gasteiger partial charge in [0.2, 0.25) is 5.88 Å². The highest BCUT2D eigenvalue weighted by Crippen LogP contribution is 2.28. The van der Waals surface area contributed by atoms with Gasteiger partial charge in [-0.25, -0.2) is 18.2 Å². The molecule has 0 aliphatic rings. The average molecular weight is 398 g/mol. The number of nitrogens with zero attached hydrogens (tertiary/aromatic N) is 3. The number of halogens is 3. The molecule has 29 heavy (non-hydrogen) atoms. The maximum atomic E-state index is 14.1. The van der Waals surface area contributed by atoms with Crippen LogP contribution in [0.25, 0.3) is 16.9 Å². The van der Waals surface area contributed by atoms with E-state index in [-0.39, 0.29) is 29.0 Å². The number of carbonyl (C=O) groups excluding carboxylic acids is 1. The molecule has 0 saturated heterocycles. The molecule has 4 aromatic rings. The number of hydrogen-bond donors (Lipinski definition) is 2. The van der Waals surface area contributed by atoms with Crippen molar-refractivity contribution < 1.29 is 23.1 Å². The van der Waals surface area contributed by atoms with Gasteiger partial charge >= 0.3 is 0 Å². The van der Waals surface area contributed by atoms with Gasteiger partial charge in [0.05, 0.1) is 11.9 Å². The van der Waals surface area contributed by atoms with Gasteiger partial charge in [-0.2, -0.15) is 9.61 Å². The van der Waals surface area contributed by atoms with E-state index in [2.05, 4.69) is 15.4 Å². The van der Waals surface area contributed by atoms with Crippen molar-refractivity contribution in [3.05, 3.63) is 83.3 Å². The number of fused-ring (bicyclic) bond motifs is 1. The van der Waals surface area contributed by atoms with E-state index in [9.17, 15) is 23.1 Å². The van der Waals surface area contributed by atoms with E-state index in [0.717, 1.165) is 16.1 Å². The number of aromatic nitrogens is 3. The maximum Gasteiger partial charge on any atom is 0.257 e. The minimum atomic E-state index is -1.35. The van der Waals surface area contributed by atoms with E-state index in [4.69, 9.17) is 0 Å². The lowest BCUT2D eigenvalue weighted by atomic mass is 10.1. The second-order valence-corrected chi connectivity index (χ2v) is 6.21.